The van der Waals surface area contributed by atoms with E-state index in [1.165, 1.54) is 5.56 Å². The molecule has 5 nitrogen and oxygen atoms in total. The molecule has 1 N–H and O–H groups in total. The third-order valence-corrected chi connectivity index (χ3v) is 5.72. The first-order chi connectivity index (χ1) is 12.1. The van der Waals surface area contributed by atoms with Gasteiger partial charge >= 0.3 is 5.97 Å². The minimum atomic E-state index is -0.851. The highest BCUT2D eigenvalue weighted by Gasteiger charge is 2.33. The van der Waals surface area contributed by atoms with Crippen LogP contribution in [0, 0.1) is 5.92 Å². The van der Waals surface area contributed by atoms with E-state index in [4.69, 9.17) is 0 Å². The topological polar surface area (TPSA) is 60.9 Å². The molecule has 2 aliphatic heterocycles. The van der Waals surface area contributed by atoms with Crippen molar-refractivity contribution in [2.45, 2.75) is 45.1 Å². The molecule has 0 aliphatic carbocycles. The summed E-state index contributed by atoms with van der Waals surface area (Å²) in [6, 6.07) is 7.61. The van der Waals surface area contributed by atoms with Crippen molar-refractivity contribution in [2.75, 3.05) is 26.2 Å². The summed E-state index contributed by atoms with van der Waals surface area (Å²) in [4.78, 5) is 28.5. The van der Waals surface area contributed by atoms with Crippen LogP contribution in [-0.4, -0.2) is 53.0 Å². The Bertz CT molecular complexity index is 623. The van der Waals surface area contributed by atoms with Gasteiger partial charge in [0, 0.05) is 13.0 Å². The number of hydrogen-bond acceptors (Lipinski definition) is 3. The Morgan fingerprint density at radius 3 is 2.52 bits per heavy atom. The third-order valence-electron chi connectivity index (χ3n) is 5.72. The van der Waals surface area contributed by atoms with Crippen molar-refractivity contribution >= 4 is 11.9 Å². The number of nitrogens with zero attached hydrogens (tertiary/aromatic N) is 2. The summed E-state index contributed by atoms with van der Waals surface area (Å²) >= 11 is 0. The van der Waals surface area contributed by atoms with Crippen LogP contribution in [0.4, 0.5) is 0 Å². The zero-order chi connectivity index (χ0) is 17.8. The number of carbonyl (C=O) groups excluding carboxylic acids is 1. The molecule has 1 aromatic rings. The van der Waals surface area contributed by atoms with E-state index in [2.05, 4.69) is 11.8 Å². The van der Waals surface area contributed by atoms with Crippen LogP contribution in [0.2, 0.25) is 0 Å². The van der Waals surface area contributed by atoms with Gasteiger partial charge in [-0.15, -0.1) is 0 Å². The van der Waals surface area contributed by atoms with E-state index in [1.54, 1.807) is 0 Å². The van der Waals surface area contributed by atoms with Gasteiger partial charge in [-0.25, -0.2) is 0 Å². The van der Waals surface area contributed by atoms with Gasteiger partial charge in [0.15, 0.2) is 0 Å². The predicted molar refractivity (Wildman–Crippen MR) is 96.3 cm³/mol. The van der Waals surface area contributed by atoms with Gasteiger partial charge in [-0.1, -0.05) is 31.2 Å². The van der Waals surface area contributed by atoms with Crippen molar-refractivity contribution in [3.05, 3.63) is 35.4 Å². The van der Waals surface area contributed by atoms with Gasteiger partial charge in [0.25, 0.3) is 0 Å². The molecule has 1 amide bonds. The van der Waals surface area contributed by atoms with Crippen LogP contribution in [0.3, 0.4) is 0 Å². The van der Waals surface area contributed by atoms with Crippen LogP contribution < -0.4 is 0 Å². The number of carboxylic acids is 1. The Morgan fingerprint density at radius 1 is 1.12 bits per heavy atom. The number of rotatable bonds is 5. The molecule has 25 heavy (non-hydrogen) atoms. The molecule has 5 heteroatoms. The quantitative estimate of drug-likeness (QED) is 0.892. The molecule has 1 unspecified atom stereocenters. The molecule has 0 spiro atoms. The molecule has 0 aromatic heterocycles. The number of aliphatic carboxylic acids is 1. The normalized spacial score (nSPS) is 21.8. The summed E-state index contributed by atoms with van der Waals surface area (Å²) in [6.07, 6.45) is 3.47. The summed E-state index contributed by atoms with van der Waals surface area (Å²) < 4.78 is 0. The van der Waals surface area contributed by atoms with E-state index >= 15 is 0 Å². The summed E-state index contributed by atoms with van der Waals surface area (Å²) in [5, 5.41) is 9.33. The molecule has 0 bridgehead atoms. The second kappa shape index (κ2) is 8.00. The van der Waals surface area contributed by atoms with Gasteiger partial charge in [-0.2, -0.15) is 0 Å². The van der Waals surface area contributed by atoms with Crippen molar-refractivity contribution in [1.29, 1.82) is 0 Å². The van der Waals surface area contributed by atoms with Crippen molar-refractivity contribution < 1.29 is 14.7 Å². The van der Waals surface area contributed by atoms with Crippen LogP contribution in [0.1, 0.15) is 49.8 Å². The van der Waals surface area contributed by atoms with Crippen LogP contribution in [0.15, 0.2) is 24.3 Å². The zero-order valence-electron chi connectivity index (χ0n) is 15.0. The van der Waals surface area contributed by atoms with Crippen LogP contribution in [-0.2, 0) is 16.0 Å². The predicted octanol–water partition coefficient (Wildman–Crippen LogP) is 2.71. The van der Waals surface area contributed by atoms with Gasteiger partial charge in [-0.3, -0.25) is 9.59 Å². The Morgan fingerprint density at radius 2 is 1.84 bits per heavy atom. The van der Waals surface area contributed by atoms with Gasteiger partial charge in [0.1, 0.15) is 0 Å². The molecule has 2 aliphatic rings. The lowest BCUT2D eigenvalue weighted by Crippen LogP contribution is -2.42. The minimum Gasteiger partial charge on any atom is -0.481 e. The lowest BCUT2D eigenvalue weighted by Gasteiger charge is -2.38. The standard InChI is InChI=1S/C20H28N2O3/c1-2-21-10-7-15(8-11-21)13-19(23)22-12-9-16-5-3-4-6-17(16)18(22)14-20(24)25/h3-6,15,18H,2,7-14H2,1H3,(H,24,25). The van der Waals surface area contributed by atoms with E-state index in [-0.39, 0.29) is 18.4 Å². The molecule has 1 fully saturated rings. The number of fused-ring (bicyclic) bond motifs is 1. The minimum absolute atomic E-state index is 0.0168. The molecular formula is C20H28N2O3. The molecule has 0 radical (unpaired) electrons. The highest BCUT2D eigenvalue weighted by molar-refractivity contribution is 5.78. The second-order valence-electron chi connectivity index (χ2n) is 7.23. The van der Waals surface area contributed by atoms with Crippen molar-refractivity contribution in [3.8, 4) is 0 Å². The van der Waals surface area contributed by atoms with Crippen LogP contribution in [0.5, 0.6) is 0 Å². The fourth-order valence-corrected chi connectivity index (χ4v) is 4.21. The Hall–Kier alpha value is -1.88. The molecule has 0 saturated carbocycles. The fourth-order valence-electron chi connectivity index (χ4n) is 4.21. The summed E-state index contributed by atoms with van der Waals surface area (Å²) in [7, 11) is 0. The Balaban J connectivity index is 1.69. The largest absolute Gasteiger partial charge is 0.481 e. The number of hydrogen-bond donors (Lipinski definition) is 1. The van der Waals surface area contributed by atoms with E-state index in [1.807, 2.05) is 29.2 Å². The number of piperidine rings is 1. The average Bonchev–Trinajstić information content (AvgIpc) is 2.62. The highest BCUT2D eigenvalue weighted by Crippen LogP contribution is 2.33. The van der Waals surface area contributed by atoms with Crippen molar-refractivity contribution in [1.82, 2.24) is 9.80 Å². The number of amides is 1. The van der Waals surface area contributed by atoms with E-state index in [0.717, 1.165) is 44.5 Å². The maximum Gasteiger partial charge on any atom is 0.305 e. The number of benzene rings is 1. The second-order valence-corrected chi connectivity index (χ2v) is 7.23. The fraction of sp³-hybridized carbons (Fsp3) is 0.600. The third kappa shape index (κ3) is 4.21. The van der Waals surface area contributed by atoms with Gasteiger partial charge in [-0.05, 0) is 55.9 Å². The van der Waals surface area contributed by atoms with Crippen molar-refractivity contribution in [2.24, 2.45) is 5.92 Å². The maximum absolute atomic E-state index is 12.9. The van der Waals surface area contributed by atoms with E-state index in [0.29, 0.717) is 18.9 Å². The van der Waals surface area contributed by atoms with Gasteiger partial charge in [0.05, 0.1) is 12.5 Å². The molecule has 136 valence electrons. The van der Waals surface area contributed by atoms with Crippen molar-refractivity contribution in [3.63, 3.8) is 0 Å². The summed E-state index contributed by atoms with van der Waals surface area (Å²) in [5.41, 5.74) is 2.18. The maximum atomic E-state index is 12.9. The number of carbonyl (C=O) groups is 2. The smallest absolute Gasteiger partial charge is 0.305 e. The first-order valence-electron chi connectivity index (χ1n) is 9.40. The first-order valence-corrected chi connectivity index (χ1v) is 9.40. The highest BCUT2D eigenvalue weighted by atomic mass is 16.4. The average molecular weight is 344 g/mol. The number of likely N-dealkylation sites (tertiary alicyclic amines) is 1. The Labute approximate surface area is 149 Å². The lowest BCUT2D eigenvalue weighted by atomic mass is 9.88. The Kier molecular flexibility index (Phi) is 5.74. The van der Waals surface area contributed by atoms with Gasteiger partial charge < -0.3 is 14.9 Å². The van der Waals surface area contributed by atoms with Crippen LogP contribution >= 0.6 is 0 Å². The monoisotopic (exact) mass is 344 g/mol. The van der Waals surface area contributed by atoms with E-state index < -0.39 is 5.97 Å². The summed E-state index contributed by atoms with van der Waals surface area (Å²) in [5.74, 6) is -0.301. The molecule has 1 aromatic carbocycles. The van der Waals surface area contributed by atoms with Crippen LogP contribution in [0.25, 0.3) is 0 Å². The summed E-state index contributed by atoms with van der Waals surface area (Å²) in [6.45, 7) is 6.00. The SMILES string of the molecule is CCN1CCC(CC(=O)N2CCc3ccccc3C2CC(=O)O)CC1. The lowest BCUT2D eigenvalue weighted by molar-refractivity contribution is -0.142. The molecular weight excluding hydrogens is 316 g/mol. The number of carboxylic acid groups (broad SMARTS) is 1. The molecule has 1 atom stereocenters. The van der Waals surface area contributed by atoms with E-state index in [9.17, 15) is 14.7 Å². The molecule has 2 heterocycles. The molecule has 1 saturated heterocycles. The zero-order valence-corrected chi connectivity index (χ0v) is 15.0. The first kappa shape index (κ1) is 17.9. The molecule has 3 rings (SSSR count). The van der Waals surface area contributed by atoms with Gasteiger partial charge in [0.2, 0.25) is 5.91 Å².